The van der Waals surface area contributed by atoms with Gasteiger partial charge in [0.25, 0.3) is 0 Å². The van der Waals surface area contributed by atoms with Crippen LogP contribution < -0.4 is 5.73 Å². The Morgan fingerprint density at radius 2 is 2.39 bits per heavy atom. The molecule has 0 spiro atoms. The van der Waals surface area contributed by atoms with Crippen LogP contribution in [0.25, 0.3) is 11.0 Å². The third-order valence-corrected chi connectivity index (χ3v) is 4.26. The molecule has 1 aliphatic heterocycles. The van der Waals surface area contributed by atoms with Gasteiger partial charge in [-0.25, -0.2) is 4.98 Å². The standard InChI is InChI=1S/C13H16IN3O/c1-8(12-3-2-6-18-12)17-11-5-4-9(14)7-10(11)16-13(17)15/h4-5,7-8,12H,2-3,6H2,1H3,(H2,15,16). The molecule has 1 aromatic heterocycles. The summed E-state index contributed by atoms with van der Waals surface area (Å²) in [5.74, 6) is 0.579. The second kappa shape index (κ2) is 4.70. The molecule has 0 bridgehead atoms. The van der Waals surface area contributed by atoms with Crippen molar-refractivity contribution in [3.05, 3.63) is 21.8 Å². The fourth-order valence-electron chi connectivity index (χ4n) is 2.67. The molecule has 18 heavy (non-hydrogen) atoms. The molecular weight excluding hydrogens is 341 g/mol. The van der Waals surface area contributed by atoms with E-state index < -0.39 is 0 Å². The minimum atomic E-state index is 0.234. The van der Waals surface area contributed by atoms with E-state index in [0.717, 1.165) is 30.5 Å². The van der Waals surface area contributed by atoms with E-state index in [0.29, 0.717) is 5.95 Å². The average molecular weight is 357 g/mol. The maximum atomic E-state index is 6.07. The Morgan fingerprint density at radius 1 is 1.56 bits per heavy atom. The molecule has 1 saturated heterocycles. The first-order chi connectivity index (χ1) is 8.66. The lowest BCUT2D eigenvalue weighted by Crippen LogP contribution is -2.22. The number of ether oxygens (including phenoxy) is 1. The van der Waals surface area contributed by atoms with Gasteiger partial charge in [0.05, 0.1) is 23.2 Å². The number of halogens is 1. The summed E-state index contributed by atoms with van der Waals surface area (Å²) < 4.78 is 9.03. The number of imidazole rings is 1. The molecule has 0 radical (unpaired) electrons. The minimum absolute atomic E-state index is 0.234. The van der Waals surface area contributed by atoms with E-state index >= 15 is 0 Å². The molecule has 5 heteroatoms. The van der Waals surface area contributed by atoms with Crippen LogP contribution in [0.15, 0.2) is 18.2 Å². The van der Waals surface area contributed by atoms with E-state index in [9.17, 15) is 0 Å². The van der Waals surface area contributed by atoms with Crippen molar-refractivity contribution in [3.63, 3.8) is 0 Å². The monoisotopic (exact) mass is 357 g/mol. The number of benzene rings is 1. The number of hydrogen-bond donors (Lipinski definition) is 1. The summed E-state index contributed by atoms with van der Waals surface area (Å²) in [5.41, 5.74) is 8.12. The predicted octanol–water partition coefficient (Wildman–Crippen LogP) is 2.96. The average Bonchev–Trinajstić information content (AvgIpc) is 2.94. The SMILES string of the molecule is CC(C1CCCO1)n1c(N)nc2cc(I)ccc21. The van der Waals surface area contributed by atoms with Gasteiger partial charge >= 0.3 is 0 Å². The van der Waals surface area contributed by atoms with Crippen molar-refractivity contribution >= 4 is 39.6 Å². The Bertz CT molecular complexity index is 575. The second-order valence-corrected chi connectivity index (χ2v) is 6.01. The van der Waals surface area contributed by atoms with Crippen molar-refractivity contribution in [3.8, 4) is 0 Å². The van der Waals surface area contributed by atoms with Crippen LogP contribution in [0.3, 0.4) is 0 Å². The number of rotatable bonds is 2. The van der Waals surface area contributed by atoms with Crippen molar-refractivity contribution in [2.45, 2.75) is 31.9 Å². The first-order valence-corrected chi connectivity index (χ1v) is 7.29. The fraction of sp³-hybridized carbons (Fsp3) is 0.462. The highest BCUT2D eigenvalue weighted by Crippen LogP contribution is 2.30. The maximum Gasteiger partial charge on any atom is 0.201 e. The van der Waals surface area contributed by atoms with Gasteiger partial charge in [0.1, 0.15) is 0 Å². The van der Waals surface area contributed by atoms with E-state index in [1.165, 1.54) is 3.57 Å². The number of hydrogen-bond acceptors (Lipinski definition) is 3. The lowest BCUT2D eigenvalue weighted by Gasteiger charge is -2.21. The quantitative estimate of drug-likeness (QED) is 0.841. The molecule has 0 aliphatic carbocycles. The third-order valence-electron chi connectivity index (χ3n) is 3.59. The van der Waals surface area contributed by atoms with Crippen LogP contribution >= 0.6 is 22.6 Å². The lowest BCUT2D eigenvalue weighted by atomic mass is 10.1. The van der Waals surface area contributed by atoms with E-state index in [4.69, 9.17) is 10.5 Å². The van der Waals surface area contributed by atoms with Crippen LogP contribution in [0.5, 0.6) is 0 Å². The third kappa shape index (κ3) is 1.99. The minimum Gasteiger partial charge on any atom is -0.376 e. The summed E-state index contributed by atoms with van der Waals surface area (Å²) in [5, 5.41) is 0. The zero-order chi connectivity index (χ0) is 12.7. The highest BCUT2D eigenvalue weighted by molar-refractivity contribution is 14.1. The molecule has 1 aromatic carbocycles. The number of nitrogens with two attached hydrogens (primary N) is 1. The van der Waals surface area contributed by atoms with Gasteiger partial charge in [-0.15, -0.1) is 0 Å². The van der Waals surface area contributed by atoms with Gasteiger partial charge in [-0.2, -0.15) is 0 Å². The molecule has 2 heterocycles. The van der Waals surface area contributed by atoms with E-state index in [-0.39, 0.29) is 12.1 Å². The maximum absolute atomic E-state index is 6.07. The van der Waals surface area contributed by atoms with E-state index in [1.807, 2.05) is 0 Å². The van der Waals surface area contributed by atoms with Crippen molar-refractivity contribution in [2.24, 2.45) is 0 Å². The normalized spacial score (nSPS) is 21.6. The molecule has 2 N–H and O–H groups in total. The highest BCUT2D eigenvalue weighted by atomic mass is 127. The summed E-state index contributed by atoms with van der Waals surface area (Å²) in [4.78, 5) is 4.45. The zero-order valence-electron chi connectivity index (χ0n) is 10.3. The van der Waals surface area contributed by atoms with Crippen LogP contribution in [0.4, 0.5) is 5.95 Å². The molecule has 96 valence electrons. The molecule has 2 atom stereocenters. The lowest BCUT2D eigenvalue weighted by molar-refractivity contribution is 0.0751. The van der Waals surface area contributed by atoms with Gasteiger partial charge in [0.15, 0.2) is 0 Å². The zero-order valence-corrected chi connectivity index (χ0v) is 12.4. The van der Waals surface area contributed by atoms with Gasteiger partial charge in [-0.3, -0.25) is 0 Å². The van der Waals surface area contributed by atoms with Crippen molar-refractivity contribution in [2.75, 3.05) is 12.3 Å². The first-order valence-electron chi connectivity index (χ1n) is 6.21. The van der Waals surface area contributed by atoms with Crippen LogP contribution in [0, 0.1) is 3.57 Å². The molecule has 3 rings (SSSR count). The summed E-state index contributed by atoms with van der Waals surface area (Å²) >= 11 is 2.29. The molecular formula is C13H16IN3O. The van der Waals surface area contributed by atoms with Crippen LogP contribution in [0.1, 0.15) is 25.8 Å². The van der Waals surface area contributed by atoms with Crippen molar-refractivity contribution in [1.29, 1.82) is 0 Å². The Morgan fingerprint density at radius 3 is 3.11 bits per heavy atom. The number of fused-ring (bicyclic) bond motifs is 1. The van der Waals surface area contributed by atoms with Gasteiger partial charge < -0.3 is 15.0 Å². The molecule has 1 fully saturated rings. The van der Waals surface area contributed by atoms with Gasteiger partial charge in [0.2, 0.25) is 5.95 Å². The topological polar surface area (TPSA) is 53.1 Å². The number of nitrogens with zero attached hydrogens (tertiary/aromatic N) is 2. The first kappa shape index (κ1) is 12.2. The molecule has 4 nitrogen and oxygen atoms in total. The van der Waals surface area contributed by atoms with E-state index in [2.05, 4.69) is 57.3 Å². The van der Waals surface area contributed by atoms with Crippen molar-refractivity contribution in [1.82, 2.24) is 9.55 Å². The van der Waals surface area contributed by atoms with Gasteiger partial charge in [-0.05, 0) is 60.6 Å². The number of aromatic nitrogens is 2. The van der Waals surface area contributed by atoms with Crippen LogP contribution in [-0.2, 0) is 4.74 Å². The van der Waals surface area contributed by atoms with Crippen LogP contribution in [-0.4, -0.2) is 22.3 Å². The largest absolute Gasteiger partial charge is 0.376 e. The predicted molar refractivity (Wildman–Crippen MR) is 80.5 cm³/mol. The highest BCUT2D eigenvalue weighted by Gasteiger charge is 2.26. The summed E-state index contributed by atoms with van der Waals surface area (Å²) in [6.07, 6.45) is 2.49. The molecule has 0 amide bonds. The Hall–Kier alpha value is -0.820. The number of anilines is 1. The van der Waals surface area contributed by atoms with E-state index in [1.54, 1.807) is 0 Å². The van der Waals surface area contributed by atoms with Crippen molar-refractivity contribution < 1.29 is 4.74 Å². The fourth-order valence-corrected chi connectivity index (χ4v) is 3.14. The smallest absolute Gasteiger partial charge is 0.201 e. The summed E-state index contributed by atoms with van der Waals surface area (Å²) in [6, 6.07) is 6.47. The van der Waals surface area contributed by atoms with Gasteiger partial charge in [0, 0.05) is 10.2 Å². The Balaban J connectivity index is 2.07. The number of nitrogen functional groups attached to an aromatic ring is 1. The van der Waals surface area contributed by atoms with Crippen LogP contribution in [0.2, 0.25) is 0 Å². The Labute approximate surface area is 120 Å². The molecule has 0 saturated carbocycles. The van der Waals surface area contributed by atoms with Gasteiger partial charge in [-0.1, -0.05) is 0 Å². The summed E-state index contributed by atoms with van der Waals surface area (Å²) in [7, 11) is 0. The Kier molecular flexibility index (Phi) is 3.19. The molecule has 1 aliphatic rings. The molecule has 2 aromatic rings. The summed E-state index contributed by atoms with van der Waals surface area (Å²) in [6.45, 7) is 3.02. The molecule has 2 unspecified atom stereocenters. The second-order valence-electron chi connectivity index (χ2n) is 4.77.